The molecule has 1 N–H and O–H groups in total. The number of nitrogens with one attached hydrogen (secondary N) is 1. The molecule has 3 rings (SSSR count). The van der Waals surface area contributed by atoms with Gasteiger partial charge in [0.2, 0.25) is 5.91 Å². The third-order valence-corrected chi connectivity index (χ3v) is 4.85. The second-order valence-corrected chi connectivity index (χ2v) is 6.74. The number of amides is 1. The molecule has 0 aliphatic rings. The van der Waals surface area contributed by atoms with Gasteiger partial charge in [0.05, 0.1) is 19.3 Å². The fraction of sp³-hybridized carbons (Fsp3) is 0.211. The first-order chi connectivity index (χ1) is 12.6. The maximum absolute atomic E-state index is 12.4. The second-order valence-electron chi connectivity index (χ2n) is 5.70. The molecule has 7 heteroatoms. The molecule has 0 fully saturated rings. The number of rotatable bonds is 6. The van der Waals surface area contributed by atoms with Crippen LogP contribution in [0.4, 0.5) is 0 Å². The highest BCUT2D eigenvalue weighted by Crippen LogP contribution is 2.20. The summed E-state index contributed by atoms with van der Waals surface area (Å²) in [5.74, 6) is 0.489. The van der Waals surface area contributed by atoms with Crippen molar-refractivity contribution in [3.8, 4) is 17.0 Å². The van der Waals surface area contributed by atoms with E-state index in [4.69, 9.17) is 4.74 Å². The first-order valence-electron chi connectivity index (χ1n) is 8.13. The molecule has 134 valence electrons. The van der Waals surface area contributed by atoms with E-state index in [1.165, 1.54) is 10.7 Å². The van der Waals surface area contributed by atoms with E-state index in [1.807, 2.05) is 41.8 Å². The number of carbonyl (C=O) groups is 1. The Morgan fingerprint density at radius 1 is 1.23 bits per heavy atom. The van der Waals surface area contributed by atoms with Gasteiger partial charge in [0.1, 0.15) is 11.8 Å². The molecule has 0 saturated carbocycles. The fourth-order valence-electron chi connectivity index (χ4n) is 2.46. The second kappa shape index (κ2) is 7.97. The standard InChI is InChI=1S/C19H19N3O3S/c1-13(19(24)20-12-16-4-3-11-26-16)22-18(23)10-9-17(21-22)14-5-7-15(25-2)8-6-14/h3-11,13H,12H2,1-2H3,(H,20,24). The minimum atomic E-state index is -0.708. The Hall–Kier alpha value is -2.93. The van der Waals surface area contributed by atoms with Crippen LogP contribution in [-0.4, -0.2) is 22.8 Å². The van der Waals surface area contributed by atoms with E-state index < -0.39 is 6.04 Å². The van der Waals surface area contributed by atoms with Crippen LogP contribution >= 0.6 is 11.3 Å². The zero-order valence-electron chi connectivity index (χ0n) is 14.5. The highest BCUT2D eigenvalue weighted by Gasteiger charge is 2.18. The van der Waals surface area contributed by atoms with Crippen molar-refractivity contribution in [2.75, 3.05) is 7.11 Å². The smallest absolute Gasteiger partial charge is 0.267 e. The third kappa shape index (κ3) is 4.00. The van der Waals surface area contributed by atoms with Crippen molar-refractivity contribution < 1.29 is 9.53 Å². The zero-order chi connectivity index (χ0) is 18.5. The average Bonchev–Trinajstić information content (AvgIpc) is 3.19. The van der Waals surface area contributed by atoms with Crippen LogP contribution in [0.1, 0.15) is 17.8 Å². The molecular weight excluding hydrogens is 350 g/mol. The molecule has 1 aromatic carbocycles. The number of aromatic nitrogens is 2. The van der Waals surface area contributed by atoms with E-state index in [9.17, 15) is 9.59 Å². The van der Waals surface area contributed by atoms with Crippen LogP contribution in [0.2, 0.25) is 0 Å². The monoisotopic (exact) mass is 369 g/mol. The van der Waals surface area contributed by atoms with Crippen molar-refractivity contribution in [3.05, 3.63) is 69.1 Å². The van der Waals surface area contributed by atoms with Crippen LogP contribution in [0.25, 0.3) is 11.3 Å². The SMILES string of the molecule is COc1ccc(-c2ccc(=O)n(C(C)C(=O)NCc3cccs3)n2)cc1. The maximum Gasteiger partial charge on any atom is 0.267 e. The summed E-state index contributed by atoms with van der Waals surface area (Å²) in [6.45, 7) is 2.10. The number of methoxy groups -OCH3 is 1. The molecule has 2 aromatic heterocycles. The summed E-state index contributed by atoms with van der Waals surface area (Å²) in [5, 5.41) is 9.16. The van der Waals surface area contributed by atoms with Crippen LogP contribution < -0.4 is 15.6 Å². The van der Waals surface area contributed by atoms with E-state index in [-0.39, 0.29) is 11.5 Å². The van der Waals surface area contributed by atoms with Gasteiger partial charge in [0, 0.05) is 16.5 Å². The van der Waals surface area contributed by atoms with Crippen molar-refractivity contribution in [2.45, 2.75) is 19.5 Å². The summed E-state index contributed by atoms with van der Waals surface area (Å²) in [6, 6.07) is 13.6. The number of hydrogen-bond donors (Lipinski definition) is 1. The molecule has 1 atom stereocenters. The summed E-state index contributed by atoms with van der Waals surface area (Å²) < 4.78 is 6.36. The van der Waals surface area contributed by atoms with Gasteiger partial charge in [0.25, 0.3) is 5.56 Å². The Morgan fingerprint density at radius 2 is 2.00 bits per heavy atom. The molecule has 0 spiro atoms. The maximum atomic E-state index is 12.4. The van der Waals surface area contributed by atoms with E-state index in [2.05, 4.69) is 10.4 Å². The van der Waals surface area contributed by atoms with Crippen molar-refractivity contribution >= 4 is 17.2 Å². The lowest BCUT2D eigenvalue weighted by Crippen LogP contribution is -2.36. The van der Waals surface area contributed by atoms with Gasteiger partial charge in [-0.3, -0.25) is 9.59 Å². The Labute approximate surface area is 155 Å². The van der Waals surface area contributed by atoms with Crippen molar-refractivity contribution in [1.82, 2.24) is 15.1 Å². The Kier molecular flexibility index (Phi) is 5.48. The molecule has 0 aliphatic carbocycles. The molecule has 26 heavy (non-hydrogen) atoms. The lowest BCUT2D eigenvalue weighted by atomic mass is 10.1. The molecule has 0 aliphatic heterocycles. The molecule has 0 radical (unpaired) electrons. The van der Waals surface area contributed by atoms with Crippen LogP contribution in [0.3, 0.4) is 0 Å². The lowest BCUT2D eigenvalue weighted by Gasteiger charge is -2.15. The van der Waals surface area contributed by atoms with Crippen molar-refractivity contribution in [2.24, 2.45) is 0 Å². The number of carbonyl (C=O) groups excluding carboxylic acids is 1. The first-order valence-corrected chi connectivity index (χ1v) is 9.01. The summed E-state index contributed by atoms with van der Waals surface area (Å²) >= 11 is 1.57. The summed E-state index contributed by atoms with van der Waals surface area (Å²) in [4.78, 5) is 25.6. The molecule has 3 aromatic rings. The third-order valence-electron chi connectivity index (χ3n) is 3.97. The first kappa shape index (κ1) is 17.9. The normalized spacial score (nSPS) is 11.8. The molecule has 1 unspecified atom stereocenters. The highest BCUT2D eigenvalue weighted by molar-refractivity contribution is 7.09. The predicted octanol–water partition coefficient (Wildman–Crippen LogP) is 2.86. The number of nitrogens with zero attached hydrogens (tertiary/aromatic N) is 2. The summed E-state index contributed by atoms with van der Waals surface area (Å²) in [7, 11) is 1.60. The number of hydrogen-bond acceptors (Lipinski definition) is 5. The molecular formula is C19H19N3O3S. The molecule has 2 heterocycles. The predicted molar refractivity (Wildman–Crippen MR) is 101 cm³/mol. The van der Waals surface area contributed by atoms with Crippen LogP contribution in [-0.2, 0) is 11.3 Å². The Morgan fingerprint density at radius 3 is 2.65 bits per heavy atom. The average molecular weight is 369 g/mol. The van der Waals surface area contributed by atoms with Gasteiger partial charge < -0.3 is 10.1 Å². The van der Waals surface area contributed by atoms with E-state index in [1.54, 1.807) is 31.4 Å². The van der Waals surface area contributed by atoms with Gasteiger partial charge in [0.15, 0.2) is 0 Å². The van der Waals surface area contributed by atoms with E-state index in [0.29, 0.717) is 12.2 Å². The lowest BCUT2D eigenvalue weighted by molar-refractivity contribution is -0.124. The van der Waals surface area contributed by atoms with Gasteiger partial charge in [-0.25, -0.2) is 4.68 Å². The van der Waals surface area contributed by atoms with Crippen LogP contribution in [0, 0.1) is 0 Å². The highest BCUT2D eigenvalue weighted by atomic mass is 32.1. The molecule has 6 nitrogen and oxygen atoms in total. The van der Waals surface area contributed by atoms with Gasteiger partial charge in [-0.2, -0.15) is 5.10 Å². The van der Waals surface area contributed by atoms with E-state index >= 15 is 0 Å². The summed E-state index contributed by atoms with van der Waals surface area (Å²) in [6.07, 6.45) is 0. The zero-order valence-corrected chi connectivity index (χ0v) is 15.3. The molecule has 0 saturated heterocycles. The minimum Gasteiger partial charge on any atom is -0.497 e. The van der Waals surface area contributed by atoms with Crippen molar-refractivity contribution in [3.63, 3.8) is 0 Å². The quantitative estimate of drug-likeness (QED) is 0.725. The van der Waals surface area contributed by atoms with Crippen LogP contribution in [0.5, 0.6) is 5.75 Å². The van der Waals surface area contributed by atoms with E-state index in [0.717, 1.165) is 16.2 Å². The van der Waals surface area contributed by atoms with Gasteiger partial charge in [-0.1, -0.05) is 6.07 Å². The largest absolute Gasteiger partial charge is 0.497 e. The van der Waals surface area contributed by atoms with Gasteiger partial charge in [-0.15, -0.1) is 11.3 Å². The molecule has 0 bridgehead atoms. The number of benzene rings is 1. The topological polar surface area (TPSA) is 73.2 Å². The minimum absolute atomic E-state index is 0.250. The Bertz CT molecular complexity index is 933. The number of thiophene rings is 1. The fourth-order valence-corrected chi connectivity index (χ4v) is 3.11. The summed E-state index contributed by atoms with van der Waals surface area (Å²) in [5.41, 5.74) is 1.14. The van der Waals surface area contributed by atoms with Crippen LogP contribution in [0.15, 0.2) is 58.7 Å². The molecule has 1 amide bonds. The van der Waals surface area contributed by atoms with Gasteiger partial charge >= 0.3 is 0 Å². The Balaban J connectivity index is 1.79. The van der Waals surface area contributed by atoms with Crippen molar-refractivity contribution in [1.29, 1.82) is 0 Å². The van der Waals surface area contributed by atoms with Gasteiger partial charge in [-0.05, 0) is 48.7 Å². The number of ether oxygens (including phenoxy) is 1.